The molecule has 0 atom stereocenters. The van der Waals surface area contributed by atoms with Crippen LogP contribution >= 0.6 is 11.6 Å². The molecule has 0 aliphatic rings. The Labute approximate surface area is 111 Å². The van der Waals surface area contributed by atoms with Crippen LogP contribution in [-0.4, -0.2) is 22.7 Å². The lowest BCUT2D eigenvalue weighted by Gasteiger charge is -2.15. The van der Waals surface area contributed by atoms with Crippen molar-refractivity contribution in [2.24, 2.45) is 7.05 Å². The van der Waals surface area contributed by atoms with Crippen molar-refractivity contribution in [3.63, 3.8) is 0 Å². The van der Waals surface area contributed by atoms with Crippen LogP contribution in [0.5, 0.6) is 0 Å². The van der Waals surface area contributed by atoms with Crippen LogP contribution in [0.25, 0.3) is 0 Å². The predicted octanol–water partition coefficient (Wildman–Crippen LogP) is 2.66. The van der Waals surface area contributed by atoms with Gasteiger partial charge in [-0.2, -0.15) is 5.10 Å². The standard InChI is InChI=1S/C13H14ClN3O/c1-9-6-10(4-5-12(9)14)13(18)17(3)11-7-15-16(2)8-11/h4-8H,1-3H3. The van der Waals surface area contributed by atoms with Crippen molar-refractivity contribution in [1.82, 2.24) is 9.78 Å². The van der Waals surface area contributed by atoms with Crippen LogP contribution in [0.1, 0.15) is 15.9 Å². The number of carbonyl (C=O) groups is 1. The molecule has 0 bridgehead atoms. The van der Waals surface area contributed by atoms with Crippen LogP contribution in [0.2, 0.25) is 5.02 Å². The first-order valence-corrected chi connectivity index (χ1v) is 5.89. The number of anilines is 1. The molecule has 0 unspecified atom stereocenters. The minimum atomic E-state index is -0.0808. The highest BCUT2D eigenvalue weighted by Crippen LogP contribution is 2.19. The lowest BCUT2D eigenvalue weighted by atomic mass is 10.1. The average Bonchev–Trinajstić information content (AvgIpc) is 2.77. The molecule has 2 aromatic rings. The third kappa shape index (κ3) is 2.38. The summed E-state index contributed by atoms with van der Waals surface area (Å²) in [5.74, 6) is -0.0808. The maximum absolute atomic E-state index is 12.3. The molecular formula is C13H14ClN3O. The lowest BCUT2D eigenvalue weighted by molar-refractivity contribution is 0.0993. The smallest absolute Gasteiger partial charge is 0.258 e. The van der Waals surface area contributed by atoms with Crippen molar-refractivity contribution in [2.45, 2.75) is 6.92 Å². The van der Waals surface area contributed by atoms with Gasteiger partial charge in [0.25, 0.3) is 5.91 Å². The molecule has 0 N–H and O–H groups in total. The second-order valence-corrected chi connectivity index (χ2v) is 4.61. The number of hydrogen-bond donors (Lipinski definition) is 0. The second kappa shape index (κ2) is 4.82. The maximum atomic E-state index is 12.3. The third-order valence-corrected chi connectivity index (χ3v) is 3.21. The van der Waals surface area contributed by atoms with E-state index in [1.54, 1.807) is 47.2 Å². The van der Waals surface area contributed by atoms with E-state index in [0.717, 1.165) is 11.3 Å². The Kier molecular flexibility index (Phi) is 3.39. The largest absolute Gasteiger partial charge is 0.309 e. The van der Waals surface area contributed by atoms with E-state index < -0.39 is 0 Å². The molecule has 2 rings (SSSR count). The van der Waals surface area contributed by atoms with Crippen LogP contribution < -0.4 is 4.90 Å². The Morgan fingerprint density at radius 2 is 2.17 bits per heavy atom. The van der Waals surface area contributed by atoms with Gasteiger partial charge >= 0.3 is 0 Å². The highest BCUT2D eigenvalue weighted by molar-refractivity contribution is 6.31. The van der Waals surface area contributed by atoms with Crippen molar-refractivity contribution >= 4 is 23.2 Å². The summed E-state index contributed by atoms with van der Waals surface area (Å²) in [6.45, 7) is 1.88. The lowest BCUT2D eigenvalue weighted by Crippen LogP contribution is -2.25. The Hall–Kier alpha value is -1.81. The fourth-order valence-electron chi connectivity index (χ4n) is 1.67. The van der Waals surface area contributed by atoms with Gasteiger partial charge in [-0.1, -0.05) is 11.6 Å². The number of carbonyl (C=O) groups excluding carboxylic acids is 1. The topological polar surface area (TPSA) is 38.1 Å². The summed E-state index contributed by atoms with van der Waals surface area (Å²) in [7, 11) is 3.54. The summed E-state index contributed by atoms with van der Waals surface area (Å²) in [5.41, 5.74) is 2.26. The molecule has 0 aliphatic heterocycles. The van der Waals surface area contributed by atoms with Crippen molar-refractivity contribution in [1.29, 1.82) is 0 Å². The molecule has 1 heterocycles. The molecule has 0 saturated carbocycles. The summed E-state index contributed by atoms with van der Waals surface area (Å²) in [6.07, 6.45) is 3.45. The first-order chi connectivity index (χ1) is 8.49. The van der Waals surface area contributed by atoms with Crippen molar-refractivity contribution in [3.05, 3.63) is 46.7 Å². The monoisotopic (exact) mass is 263 g/mol. The molecule has 0 fully saturated rings. The number of benzene rings is 1. The first kappa shape index (κ1) is 12.6. The van der Waals surface area contributed by atoms with Crippen molar-refractivity contribution in [3.8, 4) is 0 Å². The SMILES string of the molecule is Cc1cc(C(=O)N(C)c2cnn(C)c2)ccc1Cl. The Bertz CT molecular complexity index is 592. The van der Waals surface area contributed by atoms with E-state index in [1.165, 1.54) is 0 Å². The number of amides is 1. The van der Waals surface area contributed by atoms with Crippen LogP contribution in [0.3, 0.4) is 0 Å². The van der Waals surface area contributed by atoms with Crippen LogP contribution in [0.15, 0.2) is 30.6 Å². The normalized spacial score (nSPS) is 10.4. The Morgan fingerprint density at radius 3 is 2.72 bits per heavy atom. The minimum absolute atomic E-state index is 0.0808. The van der Waals surface area contributed by atoms with E-state index in [4.69, 9.17) is 11.6 Å². The maximum Gasteiger partial charge on any atom is 0.258 e. The zero-order valence-electron chi connectivity index (χ0n) is 10.5. The third-order valence-electron chi connectivity index (χ3n) is 2.79. The summed E-state index contributed by atoms with van der Waals surface area (Å²) in [5, 5.41) is 4.71. The molecule has 1 amide bonds. The molecule has 0 radical (unpaired) electrons. The summed E-state index contributed by atoms with van der Waals surface area (Å²) in [6, 6.07) is 5.25. The van der Waals surface area contributed by atoms with E-state index in [0.29, 0.717) is 10.6 Å². The van der Waals surface area contributed by atoms with Gasteiger partial charge in [0.2, 0.25) is 0 Å². The fourth-order valence-corrected chi connectivity index (χ4v) is 1.79. The highest BCUT2D eigenvalue weighted by Gasteiger charge is 2.15. The van der Waals surface area contributed by atoms with E-state index in [2.05, 4.69) is 5.10 Å². The van der Waals surface area contributed by atoms with E-state index >= 15 is 0 Å². The Balaban J connectivity index is 2.28. The zero-order valence-corrected chi connectivity index (χ0v) is 11.3. The molecule has 1 aromatic carbocycles. The predicted molar refractivity (Wildman–Crippen MR) is 72.1 cm³/mol. The molecule has 5 heteroatoms. The molecule has 0 aliphatic carbocycles. The van der Waals surface area contributed by atoms with Gasteiger partial charge in [-0.05, 0) is 30.7 Å². The molecule has 0 saturated heterocycles. The number of aromatic nitrogens is 2. The Morgan fingerprint density at radius 1 is 1.44 bits per heavy atom. The van der Waals surface area contributed by atoms with Gasteiger partial charge < -0.3 is 4.90 Å². The average molecular weight is 264 g/mol. The number of rotatable bonds is 2. The number of hydrogen-bond acceptors (Lipinski definition) is 2. The first-order valence-electron chi connectivity index (χ1n) is 5.52. The second-order valence-electron chi connectivity index (χ2n) is 4.20. The van der Waals surface area contributed by atoms with E-state index in [9.17, 15) is 4.79 Å². The summed E-state index contributed by atoms with van der Waals surface area (Å²) < 4.78 is 1.66. The van der Waals surface area contributed by atoms with E-state index in [-0.39, 0.29) is 5.91 Å². The van der Waals surface area contributed by atoms with Gasteiger partial charge in [-0.25, -0.2) is 0 Å². The number of nitrogens with zero attached hydrogens (tertiary/aromatic N) is 3. The molecule has 94 valence electrons. The molecular weight excluding hydrogens is 250 g/mol. The quantitative estimate of drug-likeness (QED) is 0.835. The van der Waals surface area contributed by atoms with Crippen LogP contribution in [0, 0.1) is 6.92 Å². The molecule has 4 nitrogen and oxygen atoms in total. The van der Waals surface area contributed by atoms with E-state index in [1.807, 2.05) is 14.0 Å². The fraction of sp³-hybridized carbons (Fsp3) is 0.231. The highest BCUT2D eigenvalue weighted by atomic mass is 35.5. The number of aryl methyl sites for hydroxylation is 2. The zero-order chi connectivity index (χ0) is 13.3. The van der Waals surface area contributed by atoms with Gasteiger partial charge in [0.1, 0.15) is 0 Å². The molecule has 18 heavy (non-hydrogen) atoms. The summed E-state index contributed by atoms with van der Waals surface area (Å²) >= 11 is 5.95. The minimum Gasteiger partial charge on any atom is -0.309 e. The summed E-state index contributed by atoms with van der Waals surface area (Å²) in [4.78, 5) is 13.8. The molecule has 0 spiro atoms. The van der Waals surface area contributed by atoms with Gasteiger partial charge in [0.15, 0.2) is 0 Å². The van der Waals surface area contributed by atoms with Gasteiger partial charge in [0.05, 0.1) is 11.9 Å². The van der Waals surface area contributed by atoms with Gasteiger partial charge in [-0.3, -0.25) is 9.48 Å². The van der Waals surface area contributed by atoms with Crippen LogP contribution in [-0.2, 0) is 7.05 Å². The van der Waals surface area contributed by atoms with Crippen LogP contribution in [0.4, 0.5) is 5.69 Å². The molecule has 1 aromatic heterocycles. The number of halogens is 1. The van der Waals surface area contributed by atoms with Crippen molar-refractivity contribution in [2.75, 3.05) is 11.9 Å². The van der Waals surface area contributed by atoms with Crippen molar-refractivity contribution < 1.29 is 4.79 Å². The van der Waals surface area contributed by atoms with Gasteiger partial charge in [0, 0.05) is 30.9 Å². The van der Waals surface area contributed by atoms with Gasteiger partial charge in [-0.15, -0.1) is 0 Å².